The predicted molar refractivity (Wildman–Crippen MR) is 92.0 cm³/mol. The van der Waals surface area contributed by atoms with Gasteiger partial charge in [0.25, 0.3) is 5.91 Å². The minimum Gasteiger partial charge on any atom is -0.482 e. The third-order valence-corrected chi connectivity index (χ3v) is 4.74. The van der Waals surface area contributed by atoms with Gasteiger partial charge < -0.3 is 15.0 Å². The van der Waals surface area contributed by atoms with Gasteiger partial charge in [-0.15, -0.1) is 0 Å². The summed E-state index contributed by atoms with van der Waals surface area (Å²) >= 11 is 0. The van der Waals surface area contributed by atoms with Crippen molar-refractivity contribution in [3.05, 3.63) is 23.8 Å². The largest absolute Gasteiger partial charge is 0.482 e. The summed E-state index contributed by atoms with van der Waals surface area (Å²) in [7, 11) is 1.83. The summed E-state index contributed by atoms with van der Waals surface area (Å²) in [4.78, 5) is 16.2. The molecule has 1 unspecified atom stereocenters. The molecule has 23 heavy (non-hydrogen) atoms. The fraction of sp³-hybridized carbons (Fsp3) is 0.611. The number of nitrogens with zero attached hydrogens (tertiary/aromatic N) is 2. The number of likely N-dealkylation sites (N-methyl/N-ethyl adjacent to an activating group) is 1. The second-order valence-corrected chi connectivity index (χ2v) is 6.90. The number of anilines is 1. The van der Waals surface area contributed by atoms with E-state index in [0.29, 0.717) is 12.0 Å². The molecule has 1 aromatic carbocycles. The molecule has 2 aliphatic heterocycles. The molecule has 0 bridgehead atoms. The monoisotopic (exact) mass is 317 g/mol. The van der Waals surface area contributed by atoms with E-state index in [1.54, 1.807) is 4.90 Å². The predicted octanol–water partition coefficient (Wildman–Crippen LogP) is 2.03. The zero-order valence-electron chi connectivity index (χ0n) is 14.3. The fourth-order valence-corrected chi connectivity index (χ4v) is 3.43. The van der Waals surface area contributed by atoms with Crippen LogP contribution in [0.2, 0.25) is 0 Å². The van der Waals surface area contributed by atoms with E-state index >= 15 is 0 Å². The van der Waals surface area contributed by atoms with E-state index in [9.17, 15) is 4.79 Å². The Morgan fingerprint density at radius 3 is 2.70 bits per heavy atom. The van der Waals surface area contributed by atoms with Crippen LogP contribution in [0.3, 0.4) is 0 Å². The lowest BCUT2D eigenvalue weighted by Crippen LogP contribution is -2.45. The lowest BCUT2D eigenvalue weighted by Gasteiger charge is -2.37. The van der Waals surface area contributed by atoms with Crippen LogP contribution in [-0.2, 0) is 4.79 Å². The minimum absolute atomic E-state index is 0.0113. The average Bonchev–Trinajstić information content (AvgIpc) is 2.56. The lowest BCUT2D eigenvalue weighted by atomic mass is 9.94. The van der Waals surface area contributed by atoms with Gasteiger partial charge in [-0.3, -0.25) is 9.69 Å². The maximum Gasteiger partial charge on any atom is 0.264 e. The van der Waals surface area contributed by atoms with E-state index in [-0.39, 0.29) is 12.5 Å². The second-order valence-electron chi connectivity index (χ2n) is 6.90. The van der Waals surface area contributed by atoms with Crippen LogP contribution in [0.15, 0.2) is 18.2 Å². The highest BCUT2D eigenvalue weighted by Crippen LogP contribution is 2.36. The molecule has 1 aromatic rings. The van der Waals surface area contributed by atoms with Crippen molar-refractivity contribution in [2.24, 2.45) is 5.92 Å². The summed E-state index contributed by atoms with van der Waals surface area (Å²) in [6.07, 6.45) is 1.12. The highest BCUT2D eigenvalue weighted by molar-refractivity contribution is 5.97. The molecule has 2 aliphatic rings. The van der Waals surface area contributed by atoms with Gasteiger partial charge in [0.15, 0.2) is 6.61 Å². The maximum absolute atomic E-state index is 11.9. The number of carbonyl (C=O) groups is 1. The zero-order valence-corrected chi connectivity index (χ0v) is 14.3. The Labute approximate surface area is 138 Å². The number of rotatable bonds is 4. The van der Waals surface area contributed by atoms with Crippen LogP contribution in [0, 0.1) is 5.92 Å². The van der Waals surface area contributed by atoms with Gasteiger partial charge in [-0.25, -0.2) is 0 Å². The first-order valence-corrected chi connectivity index (χ1v) is 8.54. The van der Waals surface area contributed by atoms with E-state index in [2.05, 4.69) is 36.2 Å². The number of hydrogen-bond donors (Lipinski definition) is 1. The molecule has 0 aliphatic carbocycles. The number of fused-ring (bicyclic) bond motifs is 1. The van der Waals surface area contributed by atoms with Crippen LogP contribution < -0.4 is 15.0 Å². The van der Waals surface area contributed by atoms with Gasteiger partial charge in [-0.1, -0.05) is 19.9 Å². The Morgan fingerprint density at radius 1 is 1.26 bits per heavy atom. The number of hydrogen-bond acceptors (Lipinski definition) is 4. The number of piperazine rings is 1. The smallest absolute Gasteiger partial charge is 0.264 e. The molecular weight excluding hydrogens is 290 g/mol. The molecule has 126 valence electrons. The quantitative estimate of drug-likeness (QED) is 0.923. The molecule has 3 rings (SSSR count). The standard InChI is InChI=1S/C18H27N3O2/c1-13(2)10-15(21-8-6-19-7-9-21)14-4-5-17-16(11-14)20(3)18(22)12-23-17/h4-5,11,13,15,19H,6-10,12H2,1-3H3. The van der Waals surface area contributed by atoms with Crippen molar-refractivity contribution in [3.8, 4) is 5.75 Å². The Kier molecular flexibility index (Phi) is 4.87. The first kappa shape index (κ1) is 16.3. The fourth-order valence-electron chi connectivity index (χ4n) is 3.43. The van der Waals surface area contributed by atoms with E-state index in [1.165, 1.54) is 5.56 Å². The van der Waals surface area contributed by atoms with Gasteiger partial charge in [0.2, 0.25) is 0 Å². The van der Waals surface area contributed by atoms with Gasteiger partial charge in [0.1, 0.15) is 5.75 Å². The summed E-state index contributed by atoms with van der Waals surface area (Å²) in [6.45, 7) is 8.90. The summed E-state index contributed by atoms with van der Waals surface area (Å²) in [5.41, 5.74) is 2.17. The van der Waals surface area contributed by atoms with E-state index < -0.39 is 0 Å². The Bertz CT molecular complexity index is 567. The van der Waals surface area contributed by atoms with Gasteiger partial charge in [-0.2, -0.15) is 0 Å². The normalized spacial score (nSPS) is 20.3. The summed E-state index contributed by atoms with van der Waals surface area (Å²) < 4.78 is 5.55. The molecule has 5 nitrogen and oxygen atoms in total. The van der Waals surface area contributed by atoms with Crippen LogP contribution >= 0.6 is 0 Å². The topological polar surface area (TPSA) is 44.8 Å². The Balaban J connectivity index is 1.91. The molecule has 0 spiro atoms. The van der Waals surface area contributed by atoms with Crippen molar-refractivity contribution >= 4 is 11.6 Å². The molecule has 0 aromatic heterocycles. The SMILES string of the molecule is CC(C)CC(c1ccc2c(c1)N(C)C(=O)CO2)N1CCNCC1. The van der Waals surface area contributed by atoms with Gasteiger partial charge in [0.05, 0.1) is 5.69 Å². The molecule has 0 radical (unpaired) electrons. The second kappa shape index (κ2) is 6.89. The summed E-state index contributed by atoms with van der Waals surface area (Å²) in [6, 6.07) is 6.72. The molecule has 1 N–H and O–H groups in total. The number of carbonyl (C=O) groups excluding carboxylic acids is 1. The number of amides is 1. The van der Waals surface area contributed by atoms with Gasteiger partial charge in [-0.05, 0) is 30.0 Å². The van der Waals surface area contributed by atoms with Gasteiger partial charge >= 0.3 is 0 Å². The Morgan fingerprint density at radius 2 is 2.00 bits per heavy atom. The molecule has 5 heteroatoms. The van der Waals surface area contributed by atoms with Crippen molar-refractivity contribution < 1.29 is 9.53 Å². The van der Waals surface area contributed by atoms with Crippen molar-refractivity contribution in [2.75, 3.05) is 44.7 Å². The van der Waals surface area contributed by atoms with Gasteiger partial charge in [0, 0.05) is 39.3 Å². The highest BCUT2D eigenvalue weighted by Gasteiger charge is 2.27. The highest BCUT2D eigenvalue weighted by atomic mass is 16.5. The van der Waals surface area contributed by atoms with Crippen molar-refractivity contribution in [1.82, 2.24) is 10.2 Å². The molecule has 1 fully saturated rings. The first-order chi connectivity index (χ1) is 11.1. The van der Waals surface area contributed by atoms with Crippen LogP contribution in [0.4, 0.5) is 5.69 Å². The van der Waals surface area contributed by atoms with E-state index in [4.69, 9.17) is 4.74 Å². The van der Waals surface area contributed by atoms with Crippen LogP contribution in [0.5, 0.6) is 5.75 Å². The average molecular weight is 317 g/mol. The number of nitrogens with one attached hydrogen (secondary N) is 1. The lowest BCUT2D eigenvalue weighted by molar-refractivity contribution is -0.120. The number of benzene rings is 1. The third-order valence-electron chi connectivity index (χ3n) is 4.74. The maximum atomic E-state index is 11.9. The minimum atomic E-state index is 0.0113. The van der Waals surface area contributed by atoms with Crippen LogP contribution in [0.25, 0.3) is 0 Å². The molecule has 1 saturated heterocycles. The van der Waals surface area contributed by atoms with Crippen molar-refractivity contribution in [2.45, 2.75) is 26.3 Å². The molecular formula is C18H27N3O2. The molecule has 1 amide bonds. The summed E-state index contributed by atoms with van der Waals surface area (Å²) in [5, 5.41) is 3.42. The zero-order chi connectivity index (χ0) is 16.4. The van der Waals surface area contributed by atoms with E-state index in [0.717, 1.165) is 44.0 Å². The molecule has 0 saturated carbocycles. The molecule has 1 atom stereocenters. The van der Waals surface area contributed by atoms with Crippen molar-refractivity contribution in [1.29, 1.82) is 0 Å². The van der Waals surface area contributed by atoms with Crippen LogP contribution in [0.1, 0.15) is 31.9 Å². The molecule has 2 heterocycles. The Hall–Kier alpha value is -1.59. The van der Waals surface area contributed by atoms with Crippen molar-refractivity contribution in [3.63, 3.8) is 0 Å². The van der Waals surface area contributed by atoms with Crippen LogP contribution in [-0.4, -0.2) is 50.6 Å². The third kappa shape index (κ3) is 3.51. The summed E-state index contributed by atoms with van der Waals surface area (Å²) in [5.74, 6) is 1.44. The van der Waals surface area contributed by atoms with E-state index in [1.807, 2.05) is 13.1 Å². The number of ether oxygens (including phenoxy) is 1. The first-order valence-electron chi connectivity index (χ1n) is 8.54.